The van der Waals surface area contributed by atoms with Crippen molar-refractivity contribution in [2.75, 3.05) is 26.2 Å². The third-order valence-corrected chi connectivity index (χ3v) is 3.27. The molecule has 0 amide bonds. The van der Waals surface area contributed by atoms with Crippen molar-refractivity contribution >= 4 is 0 Å². The van der Waals surface area contributed by atoms with Gasteiger partial charge in [0.05, 0.1) is 12.6 Å². The first-order valence-electron chi connectivity index (χ1n) is 6.28. The Morgan fingerprint density at radius 2 is 1.94 bits per heavy atom. The van der Waals surface area contributed by atoms with Crippen molar-refractivity contribution in [3.63, 3.8) is 0 Å². The van der Waals surface area contributed by atoms with Crippen molar-refractivity contribution in [2.45, 2.75) is 45.5 Å². The van der Waals surface area contributed by atoms with Crippen LogP contribution < -0.4 is 5.32 Å². The predicted octanol–water partition coefficient (Wildman–Crippen LogP) is 1.62. The third-order valence-electron chi connectivity index (χ3n) is 3.27. The van der Waals surface area contributed by atoms with E-state index in [-0.39, 0.29) is 11.5 Å². The van der Waals surface area contributed by atoms with Crippen LogP contribution in [-0.4, -0.2) is 54.5 Å². The van der Waals surface area contributed by atoms with Crippen molar-refractivity contribution < 1.29 is 18.3 Å². The molecule has 0 radical (unpaired) electrons. The van der Waals surface area contributed by atoms with Crippen LogP contribution in [0.3, 0.4) is 0 Å². The van der Waals surface area contributed by atoms with E-state index in [0.717, 1.165) is 0 Å². The highest BCUT2D eigenvalue weighted by Gasteiger charge is 2.34. The van der Waals surface area contributed by atoms with E-state index >= 15 is 0 Å². The average Bonchev–Trinajstić information content (AvgIpc) is 2.57. The molecule has 1 fully saturated rings. The summed E-state index contributed by atoms with van der Waals surface area (Å²) in [6, 6.07) is 0.0457. The zero-order valence-corrected chi connectivity index (χ0v) is 11.2. The highest BCUT2D eigenvalue weighted by Crippen LogP contribution is 2.21. The molecule has 1 rings (SSSR count). The molecule has 0 aromatic carbocycles. The van der Waals surface area contributed by atoms with Gasteiger partial charge in [-0.15, -0.1) is 0 Å². The van der Waals surface area contributed by atoms with E-state index in [1.54, 1.807) is 0 Å². The van der Waals surface area contributed by atoms with Gasteiger partial charge in [-0.1, -0.05) is 20.8 Å². The second-order valence-corrected chi connectivity index (χ2v) is 6.13. The van der Waals surface area contributed by atoms with Crippen LogP contribution in [0.15, 0.2) is 0 Å². The van der Waals surface area contributed by atoms with Gasteiger partial charge in [-0.25, -0.2) is 0 Å². The van der Waals surface area contributed by atoms with Gasteiger partial charge in [-0.2, -0.15) is 13.2 Å². The van der Waals surface area contributed by atoms with Crippen molar-refractivity contribution in [3.8, 4) is 0 Å². The molecule has 0 aromatic rings. The third kappa shape index (κ3) is 5.54. The minimum Gasteiger partial charge on any atom is -0.391 e. The van der Waals surface area contributed by atoms with Crippen molar-refractivity contribution in [1.29, 1.82) is 0 Å². The molecular formula is C12H23F3N2O. The van der Waals surface area contributed by atoms with E-state index in [1.165, 1.54) is 4.90 Å². The van der Waals surface area contributed by atoms with Crippen molar-refractivity contribution in [2.24, 2.45) is 5.41 Å². The van der Waals surface area contributed by atoms with Gasteiger partial charge < -0.3 is 10.4 Å². The molecule has 0 spiro atoms. The number of nitrogens with one attached hydrogen (secondary N) is 1. The van der Waals surface area contributed by atoms with E-state index in [0.29, 0.717) is 26.1 Å². The Morgan fingerprint density at radius 3 is 2.44 bits per heavy atom. The van der Waals surface area contributed by atoms with Crippen LogP contribution in [0.4, 0.5) is 13.2 Å². The molecule has 18 heavy (non-hydrogen) atoms. The van der Waals surface area contributed by atoms with Crippen LogP contribution in [0.25, 0.3) is 0 Å². The maximum atomic E-state index is 12.2. The zero-order chi connectivity index (χ0) is 14.0. The number of aliphatic hydroxyl groups is 1. The lowest BCUT2D eigenvalue weighted by molar-refractivity contribution is -0.143. The van der Waals surface area contributed by atoms with E-state index in [9.17, 15) is 18.3 Å². The second-order valence-electron chi connectivity index (χ2n) is 6.13. The highest BCUT2D eigenvalue weighted by molar-refractivity contribution is 4.84. The van der Waals surface area contributed by atoms with Gasteiger partial charge >= 0.3 is 6.18 Å². The summed E-state index contributed by atoms with van der Waals surface area (Å²) in [5, 5.41) is 13.0. The largest absolute Gasteiger partial charge is 0.401 e. The van der Waals surface area contributed by atoms with Crippen molar-refractivity contribution in [3.05, 3.63) is 0 Å². The van der Waals surface area contributed by atoms with Gasteiger partial charge in [0.15, 0.2) is 0 Å². The van der Waals surface area contributed by atoms with Gasteiger partial charge in [-0.05, 0) is 11.8 Å². The van der Waals surface area contributed by atoms with Crippen LogP contribution >= 0.6 is 0 Å². The molecule has 2 atom stereocenters. The first-order chi connectivity index (χ1) is 8.08. The first-order valence-corrected chi connectivity index (χ1v) is 6.28. The topological polar surface area (TPSA) is 35.5 Å². The minimum absolute atomic E-state index is 0.0457. The zero-order valence-electron chi connectivity index (χ0n) is 11.2. The van der Waals surface area contributed by atoms with E-state index in [4.69, 9.17) is 0 Å². The van der Waals surface area contributed by atoms with Gasteiger partial charge in [0.25, 0.3) is 0 Å². The molecule has 1 saturated heterocycles. The Kier molecular flexibility index (Phi) is 5.03. The number of hydrogen-bond acceptors (Lipinski definition) is 3. The monoisotopic (exact) mass is 268 g/mol. The molecular weight excluding hydrogens is 245 g/mol. The van der Waals surface area contributed by atoms with Crippen LogP contribution in [0.5, 0.6) is 0 Å². The summed E-state index contributed by atoms with van der Waals surface area (Å²) in [6.07, 6.45) is -3.92. The lowest BCUT2D eigenvalue weighted by Gasteiger charge is -2.27. The number of likely N-dealkylation sites (tertiary alicyclic amines) is 1. The van der Waals surface area contributed by atoms with Crippen LogP contribution in [-0.2, 0) is 0 Å². The lowest BCUT2D eigenvalue weighted by Crippen LogP contribution is -2.42. The van der Waals surface area contributed by atoms with Crippen LogP contribution in [0.1, 0.15) is 27.2 Å². The molecule has 1 heterocycles. The average molecular weight is 268 g/mol. The fourth-order valence-corrected chi connectivity index (χ4v) is 1.98. The predicted molar refractivity (Wildman–Crippen MR) is 64.4 cm³/mol. The summed E-state index contributed by atoms with van der Waals surface area (Å²) in [4.78, 5) is 1.40. The van der Waals surface area contributed by atoms with Gasteiger partial charge in [0.2, 0.25) is 0 Å². The maximum absolute atomic E-state index is 12.2. The molecule has 2 N–H and O–H groups in total. The smallest absolute Gasteiger partial charge is 0.391 e. The molecule has 0 aromatic heterocycles. The molecule has 6 heteroatoms. The standard InChI is InChI=1S/C12H23F3N2O/c1-11(2,3)10(18)6-16-9-4-5-17(7-9)8-12(13,14)15/h9-10,16,18H,4-8H2,1-3H3/t9-,10+/m0/s1. The fraction of sp³-hybridized carbons (Fsp3) is 1.00. The Labute approximate surface area is 106 Å². The Morgan fingerprint density at radius 1 is 1.33 bits per heavy atom. The summed E-state index contributed by atoms with van der Waals surface area (Å²) in [5.41, 5.74) is -0.211. The molecule has 0 unspecified atom stereocenters. The normalized spacial score (nSPS) is 24.5. The van der Waals surface area contributed by atoms with Crippen LogP contribution in [0, 0.1) is 5.41 Å². The molecule has 0 aliphatic carbocycles. The van der Waals surface area contributed by atoms with Gasteiger partial charge in [0, 0.05) is 25.7 Å². The second kappa shape index (κ2) is 5.75. The Hall–Kier alpha value is -0.330. The summed E-state index contributed by atoms with van der Waals surface area (Å²) >= 11 is 0. The molecule has 3 nitrogen and oxygen atoms in total. The number of alkyl halides is 3. The fourth-order valence-electron chi connectivity index (χ4n) is 1.98. The molecule has 1 aliphatic heterocycles. The lowest BCUT2D eigenvalue weighted by atomic mass is 9.89. The molecule has 1 aliphatic rings. The SMILES string of the molecule is CC(C)(C)[C@H](O)CN[C@H]1CCN(CC(F)(F)F)C1. The van der Waals surface area contributed by atoms with E-state index in [1.807, 2.05) is 20.8 Å². The van der Waals surface area contributed by atoms with E-state index in [2.05, 4.69) is 5.32 Å². The number of halogens is 3. The number of aliphatic hydroxyl groups excluding tert-OH is 1. The maximum Gasteiger partial charge on any atom is 0.401 e. The van der Waals surface area contributed by atoms with Gasteiger partial charge in [-0.3, -0.25) is 4.90 Å². The molecule has 108 valence electrons. The van der Waals surface area contributed by atoms with Crippen LogP contribution in [0.2, 0.25) is 0 Å². The highest BCUT2D eigenvalue weighted by atomic mass is 19.4. The summed E-state index contributed by atoms with van der Waals surface area (Å²) in [5.74, 6) is 0. The number of hydrogen-bond donors (Lipinski definition) is 2. The summed E-state index contributed by atoms with van der Waals surface area (Å²) < 4.78 is 36.6. The Bertz CT molecular complexity index is 263. The van der Waals surface area contributed by atoms with Gasteiger partial charge in [0.1, 0.15) is 0 Å². The molecule has 0 bridgehead atoms. The minimum atomic E-state index is -4.13. The van der Waals surface area contributed by atoms with E-state index < -0.39 is 18.8 Å². The number of rotatable bonds is 4. The number of nitrogens with zero attached hydrogens (tertiary/aromatic N) is 1. The summed E-state index contributed by atoms with van der Waals surface area (Å²) in [7, 11) is 0. The molecule has 0 saturated carbocycles. The first kappa shape index (κ1) is 15.7. The Balaban J connectivity index is 2.27. The quantitative estimate of drug-likeness (QED) is 0.813. The summed E-state index contributed by atoms with van der Waals surface area (Å²) in [6.45, 7) is 6.25. The van der Waals surface area contributed by atoms with Crippen molar-refractivity contribution in [1.82, 2.24) is 10.2 Å².